The number of fused-ring (bicyclic) bond motifs is 1. The molecule has 0 fully saturated rings. The van der Waals surface area contributed by atoms with E-state index in [1.165, 1.54) is 16.0 Å². The molecule has 4 nitrogen and oxygen atoms in total. The Hall–Kier alpha value is -2.14. The van der Waals surface area contributed by atoms with Gasteiger partial charge in [0.15, 0.2) is 0 Å². The molecule has 0 spiro atoms. The molecule has 0 saturated carbocycles. The summed E-state index contributed by atoms with van der Waals surface area (Å²) >= 11 is 1.64. The summed E-state index contributed by atoms with van der Waals surface area (Å²) in [5, 5.41) is 4.44. The van der Waals surface area contributed by atoms with E-state index >= 15 is 0 Å². The zero-order valence-electron chi connectivity index (χ0n) is 12.2. The molecule has 3 N–H and O–H groups in total. The summed E-state index contributed by atoms with van der Waals surface area (Å²) < 4.78 is 0. The quantitative estimate of drug-likeness (QED) is 0.773. The minimum Gasteiger partial charge on any atom is -0.369 e. The molecule has 0 aliphatic heterocycles. The molecule has 2 aromatic heterocycles. The molecule has 0 saturated heterocycles. The van der Waals surface area contributed by atoms with Gasteiger partial charge in [0, 0.05) is 11.4 Å². The number of hydrogen-bond acceptors (Lipinski definition) is 5. The van der Waals surface area contributed by atoms with Crippen LogP contribution in [0, 0.1) is 13.8 Å². The third-order valence-electron chi connectivity index (χ3n) is 3.32. The van der Waals surface area contributed by atoms with Crippen molar-refractivity contribution in [2.24, 2.45) is 0 Å². The Morgan fingerprint density at radius 2 is 2.05 bits per heavy atom. The zero-order chi connectivity index (χ0) is 14.8. The second-order valence-electron chi connectivity index (χ2n) is 5.17. The summed E-state index contributed by atoms with van der Waals surface area (Å²) in [6.45, 7) is 5.00. The van der Waals surface area contributed by atoms with Gasteiger partial charge in [0.25, 0.3) is 0 Å². The highest BCUT2D eigenvalue weighted by Gasteiger charge is 2.08. The van der Waals surface area contributed by atoms with Gasteiger partial charge >= 0.3 is 0 Å². The highest BCUT2D eigenvalue weighted by atomic mass is 32.1. The van der Waals surface area contributed by atoms with E-state index in [2.05, 4.69) is 59.5 Å². The molecule has 0 radical (unpaired) electrons. The minimum absolute atomic E-state index is 0.322. The smallest absolute Gasteiger partial charge is 0.223 e. The summed E-state index contributed by atoms with van der Waals surface area (Å²) in [5.74, 6) is 1.15. The van der Waals surface area contributed by atoms with E-state index in [0.29, 0.717) is 5.95 Å². The number of aromatic nitrogens is 2. The van der Waals surface area contributed by atoms with E-state index < -0.39 is 0 Å². The van der Waals surface area contributed by atoms with Crippen LogP contribution in [0.5, 0.6) is 0 Å². The van der Waals surface area contributed by atoms with Gasteiger partial charge < -0.3 is 11.1 Å². The van der Waals surface area contributed by atoms with E-state index in [1.807, 2.05) is 0 Å². The summed E-state index contributed by atoms with van der Waals surface area (Å²) in [4.78, 5) is 10.8. The van der Waals surface area contributed by atoms with Crippen LogP contribution in [0.15, 0.2) is 30.3 Å². The van der Waals surface area contributed by atoms with Gasteiger partial charge in [0.1, 0.15) is 10.6 Å². The van der Waals surface area contributed by atoms with Gasteiger partial charge in [-0.25, -0.2) is 4.98 Å². The van der Waals surface area contributed by atoms with Crippen LogP contribution in [0.4, 0.5) is 11.8 Å². The number of aryl methyl sites for hydroxylation is 2. The molecule has 0 amide bonds. The first kappa shape index (κ1) is 13.8. The van der Waals surface area contributed by atoms with Crippen LogP contribution in [0.25, 0.3) is 10.2 Å². The number of thiophene rings is 1. The van der Waals surface area contributed by atoms with Gasteiger partial charge in [-0.15, -0.1) is 11.3 Å². The summed E-state index contributed by atoms with van der Waals surface area (Å²) in [6, 6.07) is 10.7. The fourth-order valence-corrected chi connectivity index (χ4v) is 3.27. The fourth-order valence-electron chi connectivity index (χ4n) is 2.39. The molecule has 1 aromatic carbocycles. The summed E-state index contributed by atoms with van der Waals surface area (Å²) in [6.07, 6.45) is 0.955. The number of hydrogen-bond donors (Lipinski definition) is 2. The standard InChI is InChI=1S/C16H18N4S/c1-10-4-3-5-12(8-10)6-7-18-14-13-9-11(2)21-15(13)20-16(17)19-14/h3-5,8-9H,6-7H2,1-2H3,(H3,17,18,19,20). The molecule has 0 aliphatic carbocycles. The van der Waals surface area contributed by atoms with Gasteiger partial charge in [0.2, 0.25) is 5.95 Å². The monoisotopic (exact) mass is 298 g/mol. The van der Waals surface area contributed by atoms with Crippen LogP contribution in [0.2, 0.25) is 0 Å². The van der Waals surface area contributed by atoms with Gasteiger partial charge in [-0.1, -0.05) is 29.8 Å². The van der Waals surface area contributed by atoms with Crippen LogP contribution in [0.3, 0.4) is 0 Å². The first-order valence-electron chi connectivity index (χ1n) is 6.95. The zero-order valence-corrected chi connectivity index (χ0v) is 13.0. The minimum atomic E-state index is 0.322. The predicted octanol–water partition coefficient (Wildman–Crippen LogP) is 3.54. The maximum atomic E-state index is 5.78. The second-order valence-corrected chi connectivity index (χ2v) is 6.41. The Morgan fingerprint density at radius 3 is 2.86 bits per heavy atom. The average Bonchev–Trinajstić information content (AvgIpc) is 2.79. The van der Waals surface area contributed by atoms with Crippen molar-refractivity contribution in [3.63, 3.8) is 0 Å². The van der Waals surface area contributed by atoms with Gasteiger partial charge in [-0.2, -0.15) is 4.98 Å². The maximum absolute atomic E-state index is 5.78. The van der Waals surface area contributed by atoms with E-state index in [1.54, 1.807) is 11.3 Å². The third kappa shape index (κ3) is 3.13. The molecule has 21 heavy (non-hydrogen) atoms. The number of nitrogens with zero attached hydrogens (tertiary/aromatic N) is 2. The van der Waals surface area contributed by atoms with Crippen LogP contribution in [0.1, 0.15) is 16.0 Å². The Kier molecular flexibility index (Phi) is 3.75. The van der Waals surface area contributed by atoms with E-state index in [4.69, 9.17) is 5.73 Å². The Bertz CT molecular complexity index is 779. The first-order chi connectivity index (χ1) is 10.1. The van der Waals surface area contributed by atoms with Gasteiger partial charge in [-0.3, -0.25) is 0 Å². The number of anilines is 2. The van der Waals surface area contributed by atoms with Crippen LogP contribution in [-0.2, 0) is 6.42 Å². The maximum Gasteiger partial charge on any atom is 0.223 e. The van der Waals surface area contributed by atoms with Crippen molar-refractivity contribution in [2.75, 3.05) is 17.6 Å². The highest BCUT2D eigenvalue weighted by molar-refractivity contribution is 7.18. The lowest BCUT2D eigenvalue weighted by Gasteiger charge is -2.08. The molecule has 0 atom stereocenters. The predicted molar refractivity (Wildman–Crippen MR) is 89.9 cm³/mol. The molecule has 3 aromatic rings. The number of rotatable bonds is 4. The van der Waals surface area contributed by atoms with Gasteiger partial charge in [0.05, 0.1) is 5.39 Å². The van der Waals surface area contributed by atoms with Crippen molar-refractivity contribution in [1.29, 1.82) is 0 Å². The molecule has 2 heterocycles. The topological polar surface area (TPSA) is 63.8 Å². The molecule has 0 unspecified atom stereocenters. The lowest BCUT2D eigenvalue weighted by molar-refractivity contribution is 1.01. The molecular formula is C16H18N4S. The molecule has 3 rings (SSSR count). The lowest BCUT2D eigenvalue weighted by Crippen LogP contribution is -2.08. The van der Waals surface area contributed by atoms with Crippen LogP contribution in [-0.4, -0.2) is 16.5 Å². The van der Waals surface area contributed by atoms with Crippen molar-refractivity contribution in [2.45, 2.75) is 20.3 Å². The third-order valence-corrected chi connectivity index (χ3v) is 4.27. The van der Waals surface area contributed by atoms with Crippen molar-refractivity contribution in [3.8, 4) is 0 Å². The van der Waals surface area contributed by atoms with Crippen molar-refractivity contribution in [1.82, 2.24) is 9.97 Å². The Labute approximate surface area is 128 Å². The molecular weight excluding hydrogens is 280 g/mol. The number of nitrogen functional groups attached to an aromatic ring is 1. The van der Waals surface area contributed by atoms with Crippen molar-refractivity contribution >= 4 is 33.3 Å². The lowest BCUT2D eigenvalue weighted by atomic mass is 10.1. The van der Waals surface area contributed by atoms with Crippen LogP contribution < -0.4 is 11.1 Å². The largest absolute Gasteiger partial charge is 0.369 e. The normalized spacial score (nSPS) is 11.0. The van der Waals surface area contributed by atoms with Crippen molar-refractivity contribution < 1.29 is 0 Å². The second kappa shape index (κ2) is 5.69. The average molecular weight is 298 g/mol. The summed E-state index contributed by atoms with van der Waals surface area (Å²) in [5.41, 5.74) is 8.39. The number of benzene rings is 1. The van der Waals surface area contributed by atoms with Gasteiger partial charge in [-0.05, 0) is 31.9 Å². The Morgan fingerprint density at radius 1 is 1.19 bits per heavy atom. The van der Waals surface area contributed by atoms with Crippen LogP contribution >= 0.6 is 11.3 Å². The highest BCUT2D eigenvalue weighted by Crippen LogP contribution is 2.28. The SMILES string of the molecule is Cc1cccc(CCNc2nc(N)nc3sc(C)cc23)c1. The van der Waals surface area contributed by atoms with E-state index in [9.17, 15) is 0 Å². The molecule has 0 aliphatic rings. The summed E-state index contributed by atoms with van der Waals surface area (Å²) in [7, 11) is 0. The molecule has 0 bridgehead atoms. The molecule has 5 heteroatoms. The number of nitrogens with two attached hydrogens (primary N) is 1. The van der Waals surface area contributed by atoms with E-state index in [-0.39, 0.29) is 0 Å². The van der Waals surface area contributed by atoms with E-state index in [0.717, 1.165) is 29.0 Å². The van der Waals surface area contributed by atoms with Crippen molar-refractivity contribution in [3.05, 3.63) is 46.3 Å². The fraction of sp³-hybridized carbons (Fsp3) is 0.250. The molecule has 108 valence electrons. The Balaban J connectivity index is 1.76. The number of nitrogens with one attached hydrogen (secondary N) is 1. The first-order valence-corrected chi connectivity index (χ1v) is 7.76.